The number of rotatable bonds is 1. The zero-order valence-electron chi connectivity index (χ0n) is 6.36. The van der Waals surface area contributed by atoms with E-state index in [9.17, 15) is 8.42 Å². The van der Waals surface area contributed by atoms with E-state index >= 15 is 0 Å². The van der Waals surface area contributed by atoms with E-state index in [1.165, 1.54) is 0 Å². The molecule has 1 aliphatic carbocycles. The molecular weight excluding hydrogens is 164 g/mol. The number of hydrogen-bond acceptors (Lipinski definition) is 3. The van der Waals surface area contributed by atoms with Crippen LogP contribution in [0.3, 0.4) is 0 Å². The van der Waals surface area contributed by atoms with E-state index in [2.05, 4.69) is 0 Å². The Morgan fingerprint density at radius 2 is 1.73 bits per heavy atom. The molecule has 4 N–H and O–H groups in total. The topological polar surface area (TPSA) is 86.2 Å². The van der Waals surface area contributed by atoms with Gasteiger partial charge in [-0.3, -0.25) is 0 Å². The zero-order chi connectivity index (χ0) is 8.48. The van der Waals surface area contributed by atoms with Crippen molar-refractivity contribution in [3.8, 4) is 0 Å². The Hall–Kier alpha value is -0.130. The standard InChI is InChI=1S/C6H14N2O2S/c7-5-3-1-2-4-6(5)11(8,9)10/h5-6H,1-4,7H2,(H2,8,9,10). The highest BCUT2D eigenvalue weighted by molar-refractivity contribution is 7.89. The van der Waals surface area contributed by atoms with Crippen molar-refractivity contribution in [2.24, 2.45) is 10.9 Å². The minimum Gasteiger partial charge on any atom is -0.326 e. The normalized spacial score (nSPS) is 33.6. The summed E-state index contributed by atoms with van der Waals surface area (Å²) in [4.78, 5) is 0. The van der Waals surface area contributed by atoms with Gasteiger partial charge in [0.1, 0.15) is 0 Å². The molecule has 2 atom stereocenters. The second kappa shape index (κ2) is 3.08. The molecule has 0 aromatic heterocycles. The van der Waals surface area contributed by atoms with Crippen LogP contribution in [0.2, 0.25) is 0 Å². The zero-order valence-corrected chi connectivity index (χ0v) is 7.18. The van der Waals surface area contributed by atoms with Crippen molar-refractivity contribution >= 4 is 10.0 Å². The van der Waals surface area contributed by atoms with E-state index in [0.29, 0.717) is 6.42 Å². The molecule has 1 saturated carbocycles. The molecule has 0 aromatic rings. The van der Waals surface area contributed by atoms with E-state index in [0.717, 1.165) is 19.3 Å². The Kier molecular flexibility index (Phi) is 2.51. The summed E-state index contributed by atoms with van der Waals surface area (Å²) in [6.07, 6.45) is 3.35. The highest BCUT2D eigenvalue weighted by Gasteiger charge is 2.30. The first-order chi connectivity index (χ1) is 5.02. The lowest BCUT2D eigenvalue weighted by molar-refractivity contribution is 0.432. The van der Waals surface area contributed by atoms with Gasteiger partial charge in [0.2, 0.25) is 10.0 Å². The third-order valence-corrected chi connectivity index (χ3v) is 3.60. The first-order valence-electron chi connectivity index (χ1n) is 3.79. The lowest BCUT2D eigenvalue weighted by Crippen LogP contribution is -2.45. The van der Waals surface area contributed by atoms with Gasteiger partial charge in [0.05, 0.1) is 5.25 Å². The number of hydrogen-bond donors (Lipinski definition) is 2. The van der Waals surface area contributed by atoms with E-state index in [-0.39, 0.29) is 6.04 Å². The SMILES string of the molecule is NC1CCCCC1S(N)(=O)=O. The molecule has 66 valence electrons. The summed E-state index contributed by atoms with van der Waals surface area (Å²) in [6.45, 7) is 0. The van der Waals surface area contributed by atoms with Crippen LogP contribution in [0.4, 0.5) is 0 Å². The van der Waals surface area contributed by atoms with Crippen LogP contribution >= 0.6 is 0 Å². The van der Waals surface area contributed by atoms with Crippen molar-refractivity contribution < 1.29 is 8.42 Å². The smallest absolute Gasteiger partial charge is 0.213 e. The quantitative estimate of drug-likeness (QED) is 0.570. The maximum atomic E-state index is 10.9. The Morgan fingerprint density at radius 3 is 2.09 bits per heavy atom. The molecule has 5 heteroatoms. The van der Waals surface area contributed by atoms with Gasteiger partial charge in [-0.25, -0.2) is 13.6 Å². The summed E-state index contributed by atoms with van der Waals surface area (Å²) < 4.78 is 21.8. The van der Waals surface area contributed by atoms with Gasteiger partial charge in [-0.05, 0) is 12.8 Å². The van der Waals surface area contributed by atoms with Gasteiger partial charge in [-0.1, -0.05) is 12.8 Å². The van der Waals surface area contributed by atoms with Gasteiger partial charge in [0.15, 0.2) is 0 Å². The Bertz CT molecular complexity index is 225. The largest absolute Gasteiger partial charge is 0.326 e. The van der Waals surface area contributed by atoms with Crippen molar-refractivity contribution in [2.45, 2.75) is 37.0 Å². The Morgan fingerprint density at radius 1 is 1.18 bits per heavy atom. The van der Waals surface area contributed by atoms with Crippen LogP contribution in [0.1, 0.15) is 25.7 Å². The van der Waals surface area contributed by atoms with Gasteiger partial charge in [-0.15, -0.1) is 0 Å². The Balaban J connectivity index is 2.70. The molecule has 0 heterocycles. The fourth-order valence-electron chi connectivity index (χ4n) is 1.53. The second-order valence-electron chi connectivity index (χ2n) is 3.08. The fourth-order valence-corrected chi connectivity index (χ4v) is 2.65. The van der Waals surface area contributed by atoms with Gasteiger partial charge in [-0.2, -0.15) is 0 Å². The molecule has 0 aromatic carbocycles. The third kappa shape index (κ3) is 2.15. The molecular formula is C6H14N2O2S. The molecule has 0 amide bonds. The molecule has 0 saturated heterocycles. The van der Waals surface area contributed by atoms with Crippen LogP contribution in [0, 0.1) is 0 Å². The number of primary sulfonamides is 1. The molecule has 4 nitrogen and oxygen atoms in total. The lowest BCUT2D eigenvalue weighted by Gasteiger charge is -2.26. The predicted octanol–water partition coefficient (Wildman–Crippen LogP) is -0.455. The molecule has 1 aliphatic rings. The summed E-state index contributed by atoms with van der Waals surface area (Å²) in [6, 6.07) is -0.251. The highest BCUT2D eigenvalue weighted by atomic mass is 32.2. The van der Waals surface area contributed by atoms with Crippen LogP contribution in [-0.2, 0) is 10.0 Å². The van der Waals surface area contributed by atoms with Crippen LogP contribution < -0.4 is 10.9 Å². The predicted molar refractivity (Wildman–Crippen MR) is 43.3 cm³/mol. The van der Waals surface area contributed by atoms with E-state index in [1.807, 2.05) is 0 Å². The van der Waals surface area contributed by atoms with Gasteiger partial charge in [0.25, 0.3) is 0 Å². The number of sulfonamides is 1. The molecule has 0 radical (unpaired) electrons. The lowest BCUT2D eigenvalue weighted by atomic mass is 9.96. The van der Waals surface area contributed by atoms with Crippen LogP contribution in [0.5, 0.6) is 0 Å². The van der Waals surface area contributed by atoms with Crippen molar-refractivity contribution in [3.63, 3.8) is 0 Å². The van der Waals surface area contributed by atoms with Crippen molar-refractivity contribution in [1.29, 1.82) is 0 Å². The van der Waals surface area contributed by atoms with Gasteiger partial charge in [0, 0.05) is 6.04 Å². The van der Waals surface area contributed by atoms with Crippen molar-refractivity contribution in [2.75, 3.05) is 0 Å². The van der Waals surface area contributed by atoms with E-state index in [1.54, 1.807) is 0 Å². The molecule has 1 fully saturated rings. The fraction of sp³-hybridized carbons (Fsp3) is 1.00. The van der Waals surface area contributed by atoms with Crippen LogP contribution in [-0.4, -0.2) is 19.7 Å². The average Bonchev–Trinajstić information content (AvgIpc) is 1.86. The summed E-state index contributed by atoms with van der Waals surface area (Å²) in [5.41, 5.74) is 5.61. The summed E-state index contributed by atoms with van der Waals surface area (Å²) in [5.74, 6) is 0. The van der Waals surface area contributed by atoms with Gasteiger partial charge >= 0.3 is 0 Å². The van der Waals surface area contributed by atoms with Crippen LogP contribution in [0.25, 0.3) is 0 Å². The first kappa shape index (κ1) is 8.96. The summed E-state index contributed by atoms with van der Waals surface area (Å²) in [7, 11) is -3.40. The van der Waals surface area contributed by atoms with E-state index in [4.69, 9.17) is 10.9 Å². The highest BCUT2D eigenvalue weighted by Crippen LogP contribution is 2.21. The monoisotopic (exact) mass is 178 g/mol. The average molecular weight is 178 g/mol. The molecule has 11 heavy (non-hydrogen) atoms. The molecule has 0 bridgehead atoms. The second-order valence-corrected chi connectivity index (χ2v) is 4.86. The van der Waals surface area contributed by atoms with Crippen molar-refractivity contribution in [1.82, 2.24) is 0 Å². The van der Waals surface area contributed by atoms with Gasteiger partial charge < -0.3 is 5.73 Å². The molecule has 2 unspecified atom stereocenters. The molecule has 1 rings (SSSR count). The minimum absolute atomic E-state index is 0.251. The first-order valence-corrected chi connectivity index (χ1v) is 5.40. The minimum atomic E-state index is -3.40. The molecule has 0 spiro atoms. The maximum Gasteiger partial charge on any atom is 0.213 e. The summed E-state index contributed by atoms with van der Waals surface area (Å²) >= 11 is 0. The maximum absolute atomic E-state index is 10.9. The number of nitrogens with two attached hydrogens (primary N) is 2. The van der Waals surface area contributed by atoms with E-state index < -0.39 is 15.3 Å². The van der Waals surface area contributed by atoms with Crippen molar-refractivity contribution in [3.05, 3.63) is 0 Å². The third-order valence-electron chi connectivity index (χ3n) is 2.18. The van der Waals surface area contributed by atoms with Crippen LogP contribution in [0.15, 0.2) is 0 Å². The summed E-state index contributed by atoms with van der Waals surface area (Å²) in [5, 5.41) is 4.49. The Labute approximate surface area is 67.0 Å². The molecule has 0 aliphatic heterocycles.